The number of rotatable bonds is 3. The van der Waals surface area contributed by atoms with E-state index in [-0.39, 0.29) is 11.3 Å². The number of hydrogen-bond donors (Lipinski definition) is 1. The highest BCUT2D eigenvalue weighted by Gasteiger charge is 2.40. The first-order chi connectivity index (χ1) is 11.3. The molecule has 6 nitrogen and oxygen atoms in total. The van der Waals surface area contributed by atoms with Gasteiger partial charge in [0.1, 0.15) is 0 Å². The van der Waals surface area contributed by atoms with E-state index in [2.05, 4.69) is 48.1 Å². The van der Waals surface area contributed by atoms with Crippen molar-refractivity contribution in [3.63, 3.8) is 0 Å². The van der Waals surface area contributed by atoms with Gasteiger partial charge in [-0.2, -0.15) is 10.2 Å². The third-order valence-corrected chi connectivity index (χ3v) is 5.22. The van der Waals surface area contributed by atoms with E-state index in [4.69, 9.17) is 0 Å². The second-order valence-electron chi connectivity index (χ2n) is 7.88. The minimum absolute atomic E-state index is 0.146. The van der Waals surface area contributed by atoms with Crippen molar-refractivity contribution in [2.24, 2.45) is 0 Å². The molecule has 2 aliphatic rings. The summed E-state index contributed by atoms with van der Waals surface area (Å²) in [5, 5.41) is 12.1. The number of hydrogen-bond acceptors (Lipinski definition) is 5. The van der Waals surface area contributed by atoms with E-state index < -0.39 is 0 Å². The molecule has 1 amide bonds. The molecule has 0 saturated carbocycles. The molecule has 132 valence electrons. The lowest BCUT2D eigenvalue weighted by molar-refractivity contribution is -0.120. The van der Waals surface area contributed by atoms with Crippen molar-refractivity contribution >= 4 is 11.6 Å². The van der Waals surface area contributed by atoms with Crippen LogP contribution in [0, 0.1) is 6.92 Å². The molecule has 0 spiro atoms. The van der Waals surface area contributed by atoms with Crippen LogP contribution in [0.4, 0.5) is 5.69 Å². The Bertz CT molecular complexity index is 630. The summed E-state index contributed by atoms with van der Waals surface area (Å²) in [5.41, 5.74) is 2.58. The highest BCUT2D eigenvalue weighted by Crippen LogP contribution is 2.38. The summed E-state index contributed by atoms with van der Waals surface area (Å²) in [7, 11) is 0. The van der Waals surface area contributed by atoms with Crippen molar-refractivity contribution in [2.75, 3.05) is 31.1 Å². The summed E-state index contributed by atoms with van der Waals surface area (Å²) >= 11 is 0. The van der Waals surface area contributed by atoms with Gasteiger partial charge in [-0.15, -0.1) is 0 Å². The van der Waals surface area contributed by atoms with E-state index in [1.54, 1.807) is 0 Å². The lowest BCUT2D eigenvalue weighted by Crippen LogP contribution is -2.57. The van der Waals surface area contributed by atoms with Gasteiger partial charge in [-0.3, -0.25) is 9.69 Å². The van der Waals surface area contributed by atoms with Crippen LogP contribution in [-0.2, 0) is 10.2 Å². The Morgan fingerprint density at radius 3 is 2.88 bits per heavy atom. The normalized spacial score (nSPS) is 26.5. The molecule has 0 unspecified atom stereocenters. The minimum atomic E-state index is -0.146. The number of fused-ring (bicyclic) bond motifs is 1. The first-order valence-corrected chi connectivity index (χ1v) is 8.94. The molecule has 0 bridgehead atoms. The van der Waals surface area contributed by atoms with E-state index in [0.29, 0.717) is 25.2 Å². The number of nitrogens with one attached hydrogen (secondary N) is 1. The molecule has 0 aromatic carbocycles. The molecular formula is C18H29N5O. The zero-order valence-corrected chi connectivity index (χ0v) is 15.5. The number of carbonyl (C=O) groups excluding carboxylic acids is 1. The summed E-state index contributed by atoms with van der Waals surface area (Å²) < 4.78 is 0. The number of carbonyl (C=O) groups is 1. The SMILES string of the molecule is CC[C@H]1CN[C@H](C)CN1CC(=O)N1CC(C)(C)c2nnc(C)cc21. The van der Waals surface area contributed by atoms with Crippen molar-refractivity contribution in [1.29, 1.82) is 0 Å². The molecule has 1 aromatic rings. The van der Waals surface area contributed by atoms with Gasteiger partial charge >= 0.3 is 0 Å². The van der Waals surface area contributed by atoms with Gasteiger partial charge in [-0.25, -0.2) is 0 Å². The fourth-order valence-electron chi connectivity index (χ4n) is 3.83. The largest absolute Gasteiger partial charge is 0.311 e. The Hall–Kier alpha value is -1.53. The van der Waals surface area contributed by atoms with Crippen LogP contribution in [0.3, 0.4) is 0 Å². The van der Waals surface area contributed by atoms with Crippen molar-refractivity contribution < 1.29 is 4.79 Å². The van der Waals surface area contributed by atoms with Crippen LogP contribution < -0.4 is 10.2 Å². The maximum atomic E-state index is 13.1. The number of piperazine rings is 1. The van der Waals surface area contributed by atoms with E-state index in [1.807, 2.05) is 17.9 Å². The Balaban J connectivity index is 1.80. The first kappa shape index (κ1) is 17.3. The van der Waals surface area contributed by atoms with Gasteiger partial charge in [0, 0.05) is 37.1 Å². The maximum absolute atomic E-state index is 13.1. The summed E-state index contributed by atoms with van der Waals surface area (Å²) in [6.07, 6.45) is 1.06. The summed E-state index contributed by atoms with van der Waals surface area (Å²) in [6.45, 7) is 13.6. The molecule has 24 heavy (non-hydrogen) atoms. The van der Waals surface area contributed by atoms with Gasteiger partial charge in [0.05, 0.1) is 23.6 Å². The number of aryl methyl sites for hydroxylation is 1. The molecule has 2 aliphatic heterocycles. The predicted octanol–water partition coefficient (Wildman–Crippen LogP) is 1.48. The molecule has 2 atom stereocenters. The molecule has 6 heteroatoms. The average molecular weight is 331 g/mol. The molecule has 3 heterocycles. The summed E-state index contributed by atoms with van der Waals surface area (Å²) in [4.78, 5) is 17.3. The van der Waals surface area contributed by atoms with Gasteiger partial charge in [-0.1, -0.05) is 20.8 Å². The minimum Gasteiger partial charge on any atom is -0.311 e. The average Bonchev–Trinajstić information content (AvgIpc) is 2.78. The highest BCUT2D eigenvalue weighted by atomic mass is 16.2. The van der Waals surface area contributed by atoms with Crippen molar-refractivity contribution in [3.05, 3.63) is 17.5 Å². The molecule has 0 aliphatic carbocycles. The lowest BCUT2D eigenvalue weighted by atomic mass is 9.91. The number of amides is 1. The zero-order chi connectivity index (χ0) is 17.5. The van der Waals surface area contributed by atoms with Crippen LogP contribution in [0.5, 0.6) is 0 Å². The van der Waals surface area contributed by atoms with Crippen LogP contribution in [0.25, 0.3) is 0 Å². The highest BCUT2D eigenvalue weighted by molar-refractivity contribution is 5.97. The van der Waals surface area contributed by atoms with Crippen LogP contribution in [0.15, 0.2) is 6.07 Å². The van der Waals surface area contributed by atoms with Gasteiger partial charge in [0.25, 0.3) is 0 Å². The number of anilines is 1. The van der Waals surface area contributed by atoms with E-state index in [0.717, 1.165) is 36.6 Å². The van der Waals surface area contributed by atoms with Crippen LogP contribution in [0.2, 0.25) is 0 Å². The van der Waals surface area contributed by atoms with E-state index >= 15 is 0 Å². The maximum Gasteiger partial charge on any atom is 0.241 e. The summed E-state index contributed by atoms with van der Waals surface area (Å²) in [6, 6.07) is 2.85. The van der Waals surface area contributed by atoms with Crippen LogP contribution >= 0.6 is 0 Å². The molecule has 0 radical (unpaired) electrons. The Morgan fingerprint density at radius 1 is 1.42 bits per heavy atom. The quantitative estimate of drug-likeness (QED) is 0.909. The zero-order valence-electron chi connectivity index (χ0n) is 15.5. The number of nitrogens with zero attached hydrogens (tertiary/aromatic N) is 4. The second-order valence-corrected chi connectivity index (χ2v) is 7.88. The third-order valence-electron chi connectivity index (χ3n) is 5.22. The van der Waals surface area contributed by atoms with Crippen molar-refractivity contribution in [3.8, 4) is 0 Å². The van der Waals surface area contributed by atoms with E-state index in [1.165, 1.54) is 0 Å². The van der Waals surface area contributed by atoms with Crippen LogP contribution in [0.1, 0.15) is 45.5 Å². The molecule has 1 fully saturated rings. The van der Waals surface area contributed by atoms with Gasteiger partial charge < -0.3 is 10.2 Å². The monoisotopic (exact) mass is 331 g/mol. The van der Waals surface area contributed by atoms with Crippen molar-refractivity contribution in [2.45, 2.75) is 58.5 Å². The molecule has 1 N–H and O–H groups in total. The smallest absolute Gasteiger partial charge is 0.241 e. The molecule has 1 aromatic heterocycles. The van der Waals surface area contributed by atoms with Crippen molar-refractivity contribution in [1.82, 2.24) is 20.4 Å². The Kier molecular flexibility index (Phi) is 4.62. The topological polar surface area (TPSA) is 61.4 Å². The second kappa shape index (κ2) is 6.41. The Labute approximate surface area is 144 Å². The molecule has 1 saturated heterocycles. The van der Waals surface area contributed by atoms with Crippen LogP contribution in [-0.4, -0.2) is 59.3 Å². The standard InChI is InChI=1S/C18H29N5O/c1-6-14-8-19-13(3)9-22(14)10-16(24)23-11-18(4,5)17-15(23)7-12(2)20-21-17/h7,13-14,19H,6,8-11H2,1-5H3/t13-,14+/m1/s1. The third kappa shape index (κ3) is 3.17. The van der Waals surface area contributed by atoms with Gasteiger partial charge in [0.15, 0.2) is 0 Å². The predicted molar refractivity (Wildman–Crippen MR) is 95.3 cm³/mol. The van der Waals surface area contributed by atoms with Gasteiger partial charge in [0.2, 0.25) is 5.91 Å². The fraction of sp³-hybridized carbons (Fsp3) is 0.722. The van der Waals surface area contributed by atoms with E-state index in [9.17, 15) is 4.79 Å². The first-order valence-electron chi connectivity index (χ1n) is 8.94. The number of aromatic nitrogens is 2. The molecule has 3 rings (SSSR count). The summed E-state index contributed by atoms with van der Waals surface area (Å²) in [5.74, 6) is 0.168. The molecular weight excluding hydrogens is 302 g/mol. The lowest BCUT2D eigenvalue weighted by Gasteiger charge is -2.39. The van der Waals surface area contributed by atoms with Gasteiger partial charge in [-0.05, 0) is 26.3 Å². The Morgan fingerprint density at radius 2 is 2.17 bits per heavy atom. The fourth-order valence-corrected chi connectivity index (χ4v) is 3.83.